The molecule has 0 saturated carbocycles. The monoisotopic (exact) mass is 228 g/mol. The Morgan fingerprint density at radius 2 is 2.21 bits per heavy atom. The Hall–Kier alpha value is -1.33. The summed E-state index contributed by atoms with van der Waals surface area (Å²) in [5.74, 6) is 0. The number of hydrogen-bond donors (Lipinski definition) is 1. The van der Waals surface area contributed by atoms with Crippen LogP contribution in [0.1, 0.15) is 0 Å². The van der Waals surface area contributed by atoms with Crippen LogP contribution >= 0.6 is 22.9 Å². The number of fused-ring (bicyclic) bond motifs is 1. The fraction of sp³-hybridized carbons (Fsp3) is 0. The van der Waals surface area contributed by atoms with Gasteiger partial charge < -0.3 is 5.73 Å². The van der Waals surface area contributed by atoms with Crippen molar-refractivity contribution in [1.29, 1.82) is 0 Å². The molecule has 2 aromatic rings. The Kier molecular flexibility index (Phi) is 2.05. The molecule has 1 heterocycles. The zero-order valence-electron chi connectivity index (χ0n) is 6.86. The molecule has 72 valence electrons. The molecular formula is C8H5ClN2O2S. The number of non-ortho nitro benzene ring substituents is 1. The lowest BCUT2D eigenvalue weighted by Gasteiger charge is -1.96. The Balaban J connectivity index is 2.80. The van der Waals surface area contributed by atoms with Crippen molar-refractivity contribution in [1.82, 2.24) is 0 Å². The van der Waals surface area contributed by atoms with Gasteiger partial charge in [0, 0.05) is 27.6 Å². The molecule has 0 aliphatic carbocycles. The number of benzene rings is 1. The lowest BCUT2D eigenvalue weighted by atomic mass is 10.2. The van der Waals surface area contributed by atoms with Crippen molar-refractivity contribution in [3.8, 4) is 0 Å². The molecule has 0 aliphatic heterocycles. The van der Waals surface area contributed by atoms with Gasteiger partial charge in [-0.15, -0.1) is 11.3 Å². The third-order valence-corrected chi connectivity index (χ3v) is 3.10. The molecule has 2 N–H and O–H groups in total. The summed E-state index contributed by atoms with van der Waals surface area (Å²) in [6.45, 7) is 0. The Morgan fingerprint density at radius 1 is 1.50 bits per heavy atom. The highest BCUT2D eigenvalue weighted by Crippen LogP contribution is 2.36. The van der Waals surface area contributed by atoms with Crippen LogP contribution < -0.4 is 5.73 Å². The number of anilines is 1. The minimum absolute atomic E-state index is 0.00986. The molecule has 0 bridgehead atoms. The van der Waals surface area contributed by atoms with E-state index in [1.807, 2.05) is 0 Å². The minimum Gasteiger partial charge on any atom is -0.398 e. The van der Waals surface area contributed by atoms with E-state index in [0.717, 1.165) is 4.70 Å². The summed E-state index contributed by atoms with van der Waals surface area (Å²) >= 11 is 7.22. The molecule has 4 nitrogen and oxygen atoms in total. The maximum atomic E-state index is 10.5. The molecule has 0 atom stereocenters. The van der Waals surface area contributed by atoms with Gasteiger partial charge in [0.25, 0.3) is 5.69 Å². The largest absolute Gasteiger partial charge is 0.398 e. The van der Waals surface area contributed by atoms with Crippen LogP contribution in [-0.2, 0) is 0 Å². The van der Waals surface area contributed by atoms with E-state index in [9.17, 15) is 10.1 Å². The van der Waals surface area contributed by atoms with Gasteiger partial charge in [-0.1, -0.05) is 11.6 Å². The van der Waals surface area contributed by atoms with E-state index >= 15 is 0 Å². The van der Waals surface area contributed by atoms with Crippen molar-refractivity contribution >= 4 is 44.4 Å². The number of halogens is 1. The Bertz CT molecular complexity index is 523. The Labute approximate surface area is 88.0 Å². The van der Waals surface area contributed by atoms with E-state index in [-0.39, 0.29) is 5.69 Å². The summed E-state index contributed by atoms with van der Waals surface area (Å²) in [5, 5.41) is 13.3. The number of nitrogen functional groups attached to an aromatic ring is 1. The highest BCUT2D eigenvalue weighted by atomic mass is 35.5. The first-order valence-corrected chi connectivity index (χ1v) is 4.96. The number of thiophene rings is 1. The molecule has 14 heavy (non-hydrogen) atoms. The molecule has 6 heteroatoms. The van der Waals surface area contributed by atoms with E-state index in [0.29, 0.717) is 16.1 Å². The van der Waals surface area contributed by atoms with Gasteiger partial charge in [0.15, 0.2) is 0 Å². The van der Waals surface area contributed by atoms with Gasteiger partial charge in [-0.2, -0.15) is 0 Å². The fourth-order valence-corrected chi connectivity index (χ4v) is 2.52. The van der Waals surface area contributed by atoms with Crippen molar-refractivity contribution < 1.29 is 4.92 Å². The van der Waals surface area contributed by atoms with Crippen molar-refractivity contribution in [2.24, 2.45) is 0 Å². The maximum absolute atomic E-state index is 10.5. The summed E-state index contributed by atoms with van der Waals surface area (Å²) in [6.07, 6.45) is 0. The van der Waals surface area contributed by atoms with E-state index in [1.54, 1.807) is 5.38 Å². The van der Waals surface area contributed by atoms with Crippen LogP contribution in [0.15, 0.2) is 17.5 Å². The van der Waals surface area contributed by atoms with Gasteiger partial charge in [-0.05, 0) is 0 Å². The standard InChI is InChI=1S/C8H5ClN2O2S/c9-5-1-4(11(12)13)2-7-8(5)6(10)3-14-7/h1-3H,10H2. The van der Waals surface area contributed by atoms with Crippen LogP contribution in [0.4, 0.5) is 11.4 Å². The number of nitrogens with two attached hydrogens (primary N) is 1. The molecule has 0 saturated heterocycles. The first-order valence-electron chi connectivity index (χ1n) is 3.70. The summed E-state index contributed by atoms with van der Waals surface area (Å²) < 4.78 is 0.738. The molecule has 1 aromatic heterocycles. The smallest absolute Gasteiger partial charge is 0.272 e. The van der Waals surface area contributed by atoms with Gasteiger partial charge in [-0.25, -0.2) is 0 Å². The summed E-state index contributed by atoms with van der Waals surface area (Å²) in [6, 6.07) is 2.79. The molecule has 0 aliphatic rings. The van der Waals surface area contributed by atoms with Gasteiger partial charge >= 0.3 is 0 Å². The molecule has 0 spiro atoms. The summed E-state index contributed by atoms with van der Waals surface area (Å²) in [4.78, 5) is 10.1. The molecule has 2 rings (SSSR count). The molecule has 0 radical (unpaired) electrons. The van der Waals surface area contributed by atoms with E-state index in [4.69, 9.17) is 17.3 Å². The average Bonchev–Trinajstić information content (AvgIpc) is 2.48. The van der Waals surface area contributed by atoms with Gasteiger partial charge in [0.2, 0.25) is 0 Å². The van der Waals surface area contributed by atoms with Gasteiger partial charge in [0.1, 0.15) is 0 Å². The number of nitro groups is 1. The predicted octanol–water partition coefficient (Wildman–Crippen LogP) is 3.05. The first-order chi connectivity index (χ1) is 6.59. The van der Waals surface area contributed by atoms with Crippen LogP contribution in [0.2, 0.25) is 5.02 Å². The third-order valence-electron chi connectivity index (χ3n) is 1.85. The zero-order chi connectivity index (χ0) is 10.3. The molecule has 0 amide bonds. The fourth-order valence-electron chi connectivity index (χ4n) is 1.23. The second-order valence-corrected chi connectivity index (χ2v) is 4.07. The van der Waals surface area contributed by atoms with Crippen molar-refractivity contribution in [2.45, 2.75) is 0 Å². The van der Waals surface area contributed by atoms with E-state index in [1.165, 1.54) is 23.5 Å². The summed E-state index contributed by atoms with van der Waals surface area (Å²) in [5.41, 5.74) is 6.21. The zero-order valence-corrected chi connectivity index (χ0v) is 8.43. The van der Waals surface area contributed by atoms with Crippen LogP contribution in [0.5, 0.6) is 0 Å². The van der Waals surface area contributed by atoms with Gasteiger partial charge in [0.05, 0.1) is 15.6 Å². The number of nitrogens with zero attached hydrogens (tertiary/aromatic N) is 1. The lowest BCUT2D eigenvalue weighted by molar-refractivity contribution is -0.384. The molecular weight excluding hydrogens is 224 g/mol. The van der Waals surface area contributed by atoms with Crippen molar-refractivity contribution in [2.75, 3.05) is 5.73 Å². The normalized spacial score (nSPS) is 10.6. The number of hydrogen-bond acceptors (Lipinski definition) is 4. The first kappa shape index (κ1) is 9.23. The summed E-state index contributed by atoms with van der Waals surface area (Å²) in [7, 11) is 0. The minimum atomic E-state index is -0.471. The van der Waals surface area contributed by atoms with Crippen LogP contribution in [-0.4, -0.2) is 4.92 Å². The van der Waals surface area contributed by atoms with Gasteiger partial charge in [-0.3, -0.25) is 10.1 Å². The van der Waals surface area contributed by atoms with Crippen LogP contribution in [0.25, 0.3) is 10.1 Å². The topological polar surface area (TPSA) is 69.2 Å². The second-order valence-electron chi connectivity index (χ2n) is 2.75. The maximum Gasteiger partial charge on any atom is 0.272 e. The van der Waals surface area contributed by atoms with Crippen molar-refractivity contribution in [3.63, 3.8) is 0 Å². The SMILES string of the molecule is Nc1csc2cc([N+](=O)[O-])cc(Cl)c12. The Morgan fingerprint density at radius 3 is 2.86 bits per heavy atom. The van der Waals surface area contributed by atoms with E-state index in [2.05, 4.69) is 0 Å². The quantitative estimate of drug-likeness (QED) is 0.602. The average molecular weight is 229 g/mol. The van der Waals surface area contributed by atoms with Crippen molar-refractivity contribution in [3.05, 3.63) is 32.6 Å². The van der Waals surface area contributed by atoms with Crippen LogP contribution in [0.3, 0.4) is 0 Å². The molecule has 0 unspecified atom stereocenters. The lowest BCUT2D eigenvalue weighted by Crippen LogP contribution is -1.88. The third kappa shape index (κ3) is 1.30. The highest BCUT2D eigenvalue weighted by Gasteiger charge is 2.13. The number of nitro benzene ring substituents is 1. The highest BCUT2D eigenvalue weighted by molar-refractivity contribution is 7.18. The molecule has 1 aromatic carbocycles. The van der Waals surface area contributed by atoms with Crippen LogP contribution in [0, 0.1) is 10.1 Å². The van der Waals surface area contributed by atoms with E-state index < -0.39 is 4.92 Å². The second kappa shape index (κ2) is 3.11. The molecule has 0 fully saturated rings. The predicted molar refractivity (Wildman–Crippen MR) is 57.9 cm³/mol. The number of rotatable bonds is 1.